The summed E-state index contributed by atoms with van der Waals surface area (Å²) in [6, 6.07) is 10.2. The molecule has 2 heterocycles. The van der Waals surface area contributed by atoms with Crippen LogP contribution in [0.3, 0.4) is 0 Å². The van der Waals surface area contributed by atoms with Crippen LogP contribution < -0.4 is 5.73 Å². The molecule has 0 fully saturated rings. The third-order valence-corrected chi connectivity index (χ3v) is 3.87. The van der Waals surface area contributed by atoms with E-state index < -0.39 is 5.54 Å². The number of carbonyl (C=O) groups is 1. The number of nitrogens with one attached hydrogen (secondary N) is 1. The van der Waals surface area contributed by atoms with E-state index >= 15 is 0 Å². The van der Waals surface area contributed by atoms with E-state index in [1.807, 2.05) is 23.1 Å². The van der Waals surface area contributed by atoms with Crippen LogP contribution >= 0.6 is 24.8 Å². The van der Waals surface area contributed by atoms with Gasteiger partial charge in [0.05, 0.1) is 29.8 Å². The van der Waals surface area contributed by atoms with Crippen molar-refractivity contribution in [3.63, 3.8) is 0 Å². The summed E-state index contributed by atoms with van der Waals surface area (Å²) in [4.78, 5) is 21.9. The topological polar surface area (TPSA) is 75.0 Å². The molecule has 0 bridgehead atoms. The van der Waals surface area contributed by atoms with Gasteiger partial charge < -0.3 is 15.6 Å². The molecule has 3 N–H and O–H groups in total. The molecule has 1 aromatic carbocycles. The van der Waals surface area contributed by atoms with Crippen LogP contribution in [0, 0.1) is 0 Å². The van der Waals surface area contributed by atoms with Gasteiger partial charge in [0, 0.05) is 12.5 Å². The average Bonchev–Trinajstić information content (AvgIpc) is 2.93. The van der Waals surface area contributed by atoms with Gasteiger partial charge in [-0.25, -0.2) is 4.98 Å². The zero-order valence-corrected chi connectivity index (χ0v) is 14.8. The minimum atomic E-state index is -0.862. The van der Waals surface area contributed by atoms with Gasteiger partial charge in [0.1, 0.15) is 0 Å². The van der Waals surface area contributed by atoms with E-state index in [0.717, 1.165) is 17.0 Å². The number of halogens is 2. The fourth-order valence-electron chi connectivity index (χ4n) is 2.83. The number of carbonyl (C=O) groups excluding carboxylic acids is 1. The van der Waals surface area contributed by atoms with Gasteiger partial charge in [-0.05, 0) is 19.4 Å². The zero-order valence-electron chi connectivity index (χ0n) is 13.2. The molecule has 5 nitrogen and oxygen atoms in total. The van der Waals surface area contributed by atoms with E-state index in [-0.39, 0.29) is 36.6 Å². The van der Waals surface area contributed by atoms with Crippen molar-refractivity contribution in [2.45, 2.75) is 31.8 Å². The zero-order chi connectivity index (χ0) is 15.0. The summed E-state index contributed by atoms with van der Waals surface area (Å²) in [7, 11) is 0. The van der Waals surface area contributed by atoms with Crippen LogP contribution in [0.2, 0.25) is 0 Å². The number of aromatic nitrogens is 2. The number of nitrogens with two attached hydrogens (primary N) is 1. The van der Waals surface area contributed by atoms with Crippen LogP contribution in [0.1, 0.15) is 36.7 Å². The van der Waals surface area contributed by atoms with Crippen molar-refractivity contribution < 1.29 is 4.79 Å². The maximum atomic E-state index is 12.5. The van der Waals surface area contributed by atoms with E-state index in [0.29, 0.717) is 13.1 Å². The average molecular weight is 357 g/mol. The Labute approximate surface area is 148 Å². The molecule has 1 unspecified atom stereocenters. The van der Waals surface area contributed by atoms with E-state index in [1.54, 1.807) is 20.2 Å². The molecule has 0 spiro atoms. The highest BCUT2D eigenvalue weighted by Crippen LogP contribution is 2.32. The van der Waals surface area contributed by atoms with Crippen molar-refractivity contribution in [3.05, 3.63) is 53.6 Å². The quantitative estimate of drug-likeness (QED) is 0.867. The van der Waals surface area contributed by atoms with Gasteiger partial charge in [0.15, 0.2) is 0 Å². The lowest BCUT2D eigenvalue weighted by Crippen LogP contribution is -2.53. The van der Waals surface area contributed by atoms with Gasteiger partial charge in [-0.1, -0.05) is 30.3 Å². The van der Waals surface area contributed by atoms with Crippen LogP contribution in [-0.2, 0) is 11.3 Å². The van der Waals surface area contributed by atoms with Crippen LogP contribution in [0.4, 0.5) is 0 Å². The highest BCUT2D eigenvalue weighted by molar-refractivity contribution is 5.86. The Kier molecular flexibility index (Phi) is 6.22. The second kappa shape index (κ2) is 7.34. The molecule has 0 saturated carbocycles. The number of hydrogen-bond donors (Lipinski definition) is 2. The molecular weight excluding hydrogens is 335 g/mol. The summed E-state index contributed by atoms with van der Waals surface area (Å²) in [6.45, 7) is 4.64. The summed E-state index contributed by atoms with van der Waals surface area (Å²) in [5, 5.41) is 0. The van der Waals surface area contributed by atoms with Crippen molar-refractivity contribution in [2.24, 2.45) is 5.73 Å². The van der Waals surface area contributed by atoms with Gasteiger partial charge >= 0.3 is 0 Å². The number of H-pyrrole nitrogens is 1. The molecule has 2 aromatic rings. The molecule has 1 atom stereocenters. The van der Waals surface area contributed by atoms with Crippen LogP contribution in [0.5, 0.6) is 0 Å². The maximum Gasteiger partial charge on any atom is 0.242 e. The molecule has 23 heavy (non-hydrogen) atoms. The van der Waals surface area contributed by atoms with Gasteiger partial charge in [0.25, 0.3) is 0 Å². The highest BCUT2D eigenvalue weighted by atomic mass is 35.5. The molecule has 1 aliphatic rings. The van der Waals surface area contributed by atoms with Gasteiger partial charge in [-0.2, -0.15) is 0 Å². The first-order valence-corrected chi connectivity index (χ1v) is 7.12. The van der Waals surface area contributed by atoms with Crippen LogP contribution in [-0.4, -0.2) is 32.9 Å². The normalized spacial score (nSPS) is 16.8. The number of rotatable bonds is 2. The lowest BCUT2D eigenvalue weighted by molar-refractivity contribution is -0.137. The standard InChI is InChI=1S/C16H20N4O.2ClH/c1-16(2,17)15(21)20-8-12(11-6-4-3-5-7-11)14-13(9-20)18-10-19-14;;/h3-7,10,12H,8-9,17H2,1-2H3,(H,18,19);2*1H. The number of benzene rings is 1. The Morgan fingerprint density at radius 2 is 1.96 bits per heavy atom. The molecular formula is C16H22Cl2N4O. The van der Waals surface area contributed by atoms with Crippen molar-refractivity contribution >= 4 is 30.7 Å². The second-order valence-corrected chi connectivity index (χ2v) is 6.14. The first kappa shape index (κ1) is 19.5. The molecule has 0 saturated heterocycles. The fraction of sp³-hybridized carbons (Fsp3) is 0.375. The van der Waals surface area contributed by atoms with Crippen molar-refractivity contribution in [1.82, 2.24) is 14.9 Å². The third kappa shape index (κ3) is 3.86. The summed E-state index contributed by atoms with van der Waals surface area (Å²) in [6.07, 6.45) is 1.70. The SMILES string of the molecule is CC(C)(N)C(=O)N1Cc2[nH]cnc2C(c2ccccc2)C1.Cl.Cl. The fourth-order valence-corrected chi connectivity index (χ4v) is 2.83. The number of imidazole rings is 1. The minimum absolute atomic E-state index is 0. The number of aromatic amines is 1. The van der Waals surface area contributed by atoms with Gasteiger partial charge in [-0.15, -0.1) is 24.8 Å². The Hall–Kier alpha value is -1.56. The van der Waals surface area contributed by atoms with Crippen LogP contribution in [0.15, 0.2) is 36.7 Å². The Bertz CT molecular complexity index is 652. The first-order chi connectivity index (χ1) is 9.97. The molecule has 1 amide bonds. The van der Waals surface area contributed by atoms with Gasteiger partial charge in [0.2, 0.25) is 5.91 Å². The number of fused-ring (bicyclic) bond motifs is 1. The van der Waals surface area contributed by atoms with Crippen molar-refractivity contribution in [1.29, 1.82) is 0 Å². The Balaban J connectivity index is 0.00000132. The molecule has 1 aromatic heterocycles. The third-order valence-electron chi connectivity index (χ3n) is 3.87. The molecule has 126 valence electrons. The second-order valence-electron chi connectivity index (χ2n) is 6.14. The summed E-state index contributed by atoms with van der Waals surface area (Å²) < 4.78 is 0. The Morgan fingerprint density at radius 3 is 2.57 bits per heavy atom. The lowest BCUT2D eigenvalue weighted by atomic mass is 9.90. The predicted molar refractivity (Wildman–Crippen MR) is 95.1 cm³/mol. The van der Waals surface area contributed by atoms with Crippen LogP contribution in [0.25, 0.3) is 0 Å². The maximum absolute atomic E-state index is 12.5. The first-order valence-electron chi connectivity index (χ1n) is 7.12. The number of amides is 1. The highest BCUT2D eigenvalue weighted by Gasteiger charge is 2.35. The van der Waals surface area contributed by atoms with E-state index in [4.69, 9.17) is 5.73 Å². The number of nitrogens with zero attached hydrogens (tertiary/aromatic N) is 2. The minimum Gasteiger partial charge on any atom is -0.347 e. The van der Waals surface area contributed by atoms with Crippen molar-refractivity contribution in [2.75, 3.05) is 6.54 Å². The van der Waals surface area contributed by atoms with Crippen molar-refractivity contribution in [3.8, 4) is 0 Å². The molecule has 0 radical (unpaired) electrons. The molecule has 0 aliphatic carbocycles. The summed E-state index contributed by atoms with van der Waals surface area (Å²) >= 11 is 0. The predicted octanol–water partition coefficient (Wildman–Crippen LogP) is 2.46. The summed E-state index contributed by atoms with van der Waals surface area (Å²) in [5.74, 6) is 0.0520. The molecule has 7 heteroatoms. The summed E-state index contributed by atoms with van der Waals surface area (Å²) in [5.41, 5.74) is 8.30. The monoisotopic (exact) mass is 356 g/mol. The van der Waals surface area contributed by atoms with Gasteiger partial charge in [-0.3, -0.25) is 4.79 Å². The number of hydrogen-bond acceptors (Lipinski definition) is 3. The smallest absolute Gasteiger partial charge is 0.242 e. The van der Waals surface area contributed by atoms with E-state index in [9.17, 15) is 4.79 Å². The molecule has 1 aliphatic heterocycles. The largest absolute Gasteiger partial charge is 0.347 e. The van der Waals surface area contributed by atoms with E-state index in [2.05, 4.69) is 22.1 Å². The molecule has 3 rings (SSSR count). The lowest BCUT2D eigenvalue weighted by Gasteiger charge is -2.35. The van der Waals surface area contributed by atoms with E-state index in [1.165, 1.54) is 0 Å². The Morgan fingerprint density at radius 1 is 1.30 bits per heavy atom.